The van der Waals surface area contributed by atoms with Gasteiger partial charge < -0.3 is 4.90 Å². The van der Waals surface area contributed by atoms with Crippen molar-refractivity contribution in [3.8, 4) is 67.3 Å². The Morgan fingerprint density at radius 2 is 0.729 bits per heavy atom. The van der Waals surface area contributed by atoms with Gasteiger partial charge in [0.25, 0.3) is 0 Å². The Morgan fingerprint density at radius 3 is 1.39 bits per heavy atom. The van der Waals surface area contributed by atoms with Crippen LogP contribution in [0.1, 0.15) is 22.3 Å². The van der Waals surface area contributed by atoms with Crippen LogP contribution >= 0.6 is 0 Å². The molecule has 2 aliphatic rings. The monoisotopic (exact) mass is 889 g/mol. The molecule has 1 aromatic heterocycles. The lowest BCUT2D eigenvalue weighted by Gasteiger charge is -2.45. The van der Waals surface area contributed by atoms with Gasteiger partial charge in [0.2, 0.25) is 0 Å². The molecule has 2 heterocycles. The van der Waals surface area contributed by atoms with Crippen LogP contribution in [-0.2, 0) is 5.41 Å². The summed E-state index contributed by atoms with van der Waals surface area (Å²) in [6.45, 7) is 0. The zero-order chi connectivity index (χ0) is 46.2. The number of hydrogen-bond acceptors (Lipinski definition) is 3. The second kappa shape index (κ2) is 16.0. The molecule has 3 heteroatoms. The molecule has 0 bridgehead atoms. The Labute approximate surface area is 407 Å². The molecule has 1 aliphatic carbocycles. The van der Waals surface area contributed by atoms with Gasteiger partial charge in [-0.15, -0.1) is 0 Å². The summed E-state index contributed by atoms with van der Waals surface area (Å²) in [4.78, 5) is 12.9. The zero-order valence-corrected chi connectivity index (χ0v) is 38.2. The second-order valence-corrected chi connectivity index (χ2v) is 18.5. The molecule has 0 radical (unpaired) electrons. The van der Waals surface area contributed by atoms with Gasteiger partial charge in [0.05, 0.1) is 28.2 Å². The van der Waals surface area contributed by atoms with E-state index in [1.54, 1.807) is 0 Å². The van der Waals surface area contributed by atoms with Gasteiger partial charge in [-0.3, -0.25) is 0 Å². The highest BCUT2D eigenvalue weighted by molar-refractivity contribution is 6.03. The van der Waals surface area contributed by atoms with Crippen LogP contribution in [0.25, 0.3) is 88.8 Å². The summed E-state index contributed by atoms with van der Waals surface area (Å²) in [5, 5.41) is 4.87. The number of anilines is 3. The van der Waals surface area contributed by atoms with E-state index in [4.69, 9.17) is 9.97 Å². The number of aromatic nitrogens is 2. The molecule has 12 aromatic rings. The molecule has 326 valence electrons. The SMILES string of the molecule is c1ccc(-c2ccc(-c3cc(-c4cccc(-c5ccc6c(c5)C5(c7ccccc7-6)c6cc7ccccc7cc6N(c6ccccc6)c6cc7ccccc7cc65)c4)nc(-c4ccccc4)n3)cc2)cc1. The van der Waals surface area contributed by atoms with Crippen LogP contribution in [0.4, 0.5) is 17.1 Å². The molecule has 3 nitrogen and oxygen atoms in total. The minimum atomic E-state index is -0.633. The lowest BCUT2D eigenvalue weighted by molar-refractivity contribution is 0.756. The molecule has 0 saturated carbocycles. The van der Waals surface area contributed by atoms with E-state index in [1.807, 2.05) is 18.2 Å². The fourth-order valence-corrected chi connectivity index (χ4v) is 11.4. The number of hydrogen-bond donors (Lipinski definition) is 0. The molecular formula is C67H43N3. The van der Waals surface area contributed by atoms with E-state index in [9.17, 15) is 0 Å². The zero-order valence-electron chi connectivity index (χ0n) is 38.2. The van der Waals surface area contributed by atoms with E-state index in [0.717, 1.165) is 44.9 Å². The first-order valence-electron chi connectivity index (χ1n) is 24.0. The molecule has 0 unspecified atom stereocenters. The summed E-state index contributed by atoms with van der Waals surface area (Å²) < 4.78 is 0. The molecule has 0 amide bonds. The van der Waals surface area contributed by atoms with E-state index >= 15 is 0 Å². The van der Waals surface area contributed by atoms with E-state index in [1.165, 1.54) is 77.4 Å². The number of para-hydroxylation sites is 1. The Hall–Kier alpha value is -9.18. The minimum Gasteiger partial charge on any atom is -0.310 e. The van der Waals surface area contributed by atoms with Crippen LogP contribution in [-0.4, -0.2) is 9.97 Å². The standard InChI is InChI=1S/C67H43N3/c1-4-17-44(18-5-1)45-31-33-46(34-32-45)62-43-63(69-66(68-62)47-19-6-2-7-20-47)54-26-16-25-48(37-54)53-35-36-57-56-29-14-15-30-58(56)67(59(57)38-53)60-39-49-21-10-12-23-51(49)41-64(60)70(55-27-8-3-9-28-55)65-42-52-24-13-11-22-50(52)40-61(65)67/h1-43H. The fourth-order valence-electron chi connectivity index (χ4n) is 11.4. The first-order chi connectivity index (χ1) is 34.7. The van der Waals surface area contributed by atoms with Gasteiger partial charge in [0.1, 0.15) is 0 Å². The predicted octanol–water partition coefficient (Wildman–Crippen LogP) is 17.3. The molecule has 70 heavy (non-hydrogen) atoms. The van der Waals surface area contributed by atoms with Crippen LogP contribution in [0.15, 0.2) is 261 Å². The molecule has 0 atom stereocenters. The number of nitrogens with zero attached hydrogens (tertiary/aromatic N) is 3. The smallest absolute Gasteiger partial charge is 0.160 e. The maximum Gasteiger partial charge on any atom is 0.160 e. The normalized spacial score (nSPS) is 12.9. The quantitative estimate of drug-likeness (QED) is 0.167. The topological polar surface area (TPSA) is 29.0 Å². The largest absolute Gasteiger partial charge is 0.310 e. The first kappa shape index (κ1) is 39.9. The molecule has 11 aromatic carbocycles. The Kier molecular flexibility index (Phi) is 9.11. The van der Waals surface area contributed by atoms with E-state index in [-0.39, 0.29) is 0 Å². The van der Waals surface area contributed by atoms with Gasteiger partial charge in [0.15, 0.2) is 5.82 Å². The van der Waals surface area contributed by atoms with Crippen molar-refractivity contribution in [3.63, 3.8) is 0 Å². The highest BCUT2D eigenvalue weighted by atomic mass is 15.2. The molecular weight excluding hydrogens is 847 g/mol. The fraction of sp³-hybridized carbons (Fsp3) is 0.0149. The first-order valence-corrected chi connectivity index (χ1v) is 24.0. The van der Waals surface area contributed by atoms with Crippen molar-refractivity contribution in [1.29, 1.82) is 0 Å². The van der Waals surface area contributed by atoms with Crippen molar-refractivity contribution in [2.75, 3.05) is 4.90 Å². The van der Waals surface area contributed by atoms with E-state index in [0.29, 0.717) is 5.82 Å². The number of rotatable bonds is 6. The van der Waals surface area contributed by atoms with Crippen molar-refractivity contribution in [3.05, 3.63) is 283 Å². The highest BCUT2D eigenvalue weighted by Gasteiger charge is 2.52. The number of fused-ring (bicyclic) bond motifs is 11. The summed E-state index contributed by atoms with van der Waals surface area (Å²) >= 11 is 0. The molecule has 0 N–H and O–H groups in total. The maximum absolute atomic E-state index is 5.27. The Bertz CT molecular complexity index is 3910. The maximum atomic E-state index is 5.27. The molecule has 1 aliphatic heterocycles. The highest BCUT2D eigenvalue weighted by Crippen LogP contribution is 2.64. The number of benzene rings is 11. The van der Waals surface area contributed by atoms with Crippen LogP contribution in [0, 0.1) is 0 Å². The third-order valence-electron chi connectivity index (χ3n) is 14.6. The minimum absolute atomic E-state index is 0.633. The molecule has 0 fully saturated rings. The summed E-state index contributed by atoms with van der Waals surface area (Å²) in [7, 11) is 0. The van der Waals surface area contributed by atoms with Crippen molar-refractivity contribution >= 4 is 38.6 Å². The average Bonchev–Trinajstić information content (AvgIpc) is 3.73. The van der Waals surface area contributed by atoms with Crippen LogP contribution < -0.4 is 4.90 Å². The van der Waals surface area contributed by atoms with Crippen molar-refractivity contribution in [2.45, 2.75) is 5.41 Å². The van der Waals surface area contributed by atoms with E-state index < -0.39 is 5.41 Å². The van der Waals surface area contributed by atoms with E-state index in [2.05, 4.69) is 248 Å². The van der Waals surface area contributed by atoms with Crippen LogP contribution in [0.2, 0.25) is 0 Å². The van der Waals surface area contributed by atoms with Gasteiger partial charge in [-0.25, -0.2) is 9.97 Å². The third kappa shape index (κ3) is 6.29. The Balaban J connectivity index is 0.973. The van der Waals surface area contributed by atoms with Gasteiger partial charge in [-0.1, -0.05) is 206 Å². The predicted molar refractivity (Wildman–Crippen MR) is 290 cm³/mol. The molecule has 1 spiro atoms. The Morgan fingerprint density at radius 1 is 0.271 bits per heavy atom. The van der Waals surface area contributed by atoms with Crippen LogP contribution in [0.5, 0.6) is 0 Å². The summed E-state index contributed by atoms with van der Waals surface area (Å²) in [6.07, 6.45) is 0. The van der Waals surface area contributed by atoms with Gasteiger partial charge in [-0.2, -0.15) is 0 Å². The van der Waals surface area contributed by atoms with Crippen molar-refractivity contribution in [1.82, 2.24) is 9.97 Å². The summed E-state index contributed by atoms with van der Waals surface area (Å²) in [6, 6.07) is 95.1. The van der Waals surface area contributed by atoms with Crippen LogP contribution in [0.3, 0.4) is 0 Å². The average molecular weight is 890 g/mol. The third-order valence-corrected chi connectivity index (χ3v) is 14.6. The lowest BCUT2D eigenvalue weighted by Crippen LogP contribution is -2.36. The summed E-state index contributed by atoms with van der Waals surface area (Å²) in [5.41, 5.74) is 20.0. The van der Waals surface area contributed by atoms with Gasteiger partial charge in [-0.05, 0) is 132 Å². The van der Waals surface area contributed by atoms with Crippen molar-refractivity contribution in [2.24, 2.45) is 0 Å². The second-order valence-electron chi connectivity index (χ2n) is 18.5. The van der Waals surface area contributed by atoms with Gasteiger partial charge in [0, 0.05) is 22.4 Å². The van der Waals surface area contributed by atoms with Crippen molar-refractivity contribution < 1.29 is 0 Å². The molecule has 0 saturated heterocycles. The summed E-state index contributed by atoms with van der Waals surface area (Å²) in [5.74, 6) is 0.696. The molecule has 14 rings (SSSR count). The lowest BCUT2D eigenvalue weighted by atomic mass is 9.63. The van der Waals surface area contributed by atoms with Gasteiger partial charge >= 0.3 is 0 Å².